The molecule has 174 valence electrons. The zero-order valence-electron chi connectivity index (χ0n) is 20.3. The minimum atomic E-state index is -0.0396. The molecular formula is C25H37N5O2. The van der Waals surface area contributed by atoms with Crippen LogP contribution in [-0.2, 0) is 9.59 Å². The molecule has 4 aliphatic rings. The number of rotatable bonds is 4. The summed E-state index contributed by atoms with van der Waals surface area (Å²) in [5, 5.41) is 5.82. The first kappa shape index (κ1) is 21.8. The Hall–Kier alpha value is -2.05. The zero-order chi connectivity index (χ0) is 23.1. The van der Waals surface area contributed by atoms with Crippen molar-refractivity contribution in [2.75, 3.05) is 10.6 Å². The highest BCUT2D eigenvalue weighted by molar-refractivity contribution is 5.93. The lowest BCUT2D eigenvalue weighted by Gasteiger charge is -2.38. The predicted molar refractivity (Wildman–Crippen MR) is 123 cm³/mol. The van der Waals surface area contributed by atoms with Gasteiger partial charge in [0.2, 0.25) is 23.7 Å². The number of hydrogen-bond acceptors (Lipinski definition) is 5. The molecule has 4 fully saturated rings. The van der Waals surface area contributed by atoms with Crippen LogP contribution < -0.4 is 10.6 Å². The van der Waals surface area contributed by atoms with Crippen LogP contribution in [0.3, 0.4) is 0 Å². The first-order valence-electron chi connectivity index (χ1n) is 12.2. The van der Waals surface area contributed by atoms with Gasteiger partial charge >= 0.3 is 0 Å². The second-order valence-corrected chi connectivity index (χ2v) is 12.4. The Morgan fingerprint density at radius 2 is 1.19 bits per heavy atom. The molecule has 1 aromatic heterocycles. The molecule has 0 spiro atoms. The monoisotopic (exact) mass is 439 g/mol. The first-order valence-corrected chi connectivity index (χ1v) is 12.2. The molecule has 1 aromatic rings. The van der Waals surface area contributed by atoms with Gasteiger partial charge in [0, 0.05) is 11.8 Å². The van der Waals surface area contributed by atoms with E-state index < -0.39 is 0 Å². The summed E-state index contributed by atoms with van der Waals surface area (Å²) < 4.78 is 0. The summed E-state index contributed by atoms with van der Waals surface area (Å²) in [6.45, 7) is 13.7. The fraction of sp³-hybridized carbons (Fsp3) is 0.800. The van der Waals surface area contributed by atoms with E-state index in [1.165, 1.54) is 19.2 Å². The molecule has 4 bridgehead atoms. The van der Waals surface area contributed by atoms with Gasteiger partial charge in [-0.1, -0.05) is 41.5 Å². The summed E-state index contributed by atoms with van der Waals surface area (Å²) in [6.07, 6.45) is 7.76. The lowest BCUT2D eigenvalue weighted by Crippen LogP contribution is -2.39. The number of nitrogens with one attached hydrogen (secondary N) is 2. The highest BCUT2D eigenvalue weighted by Crippen LogP contribution is 2.69. The van der Waals surface area contributed by atoms with E-state index in [-0.39, 0.29) is 57.2 Å². The van der Waals surface area contributed by atoms with Gasteiger partial charge < -0.3 is 0 Å². The molecule has 6 unspecified atom stereocenters. The third kappa shape index (κ3) is 2.75. The average Bonchev–Trinajstić information content (AvgIpc) is 3.25. The maximum Gasteiger partial charge on any atom is 0.234 e. The Morgan fingerprint density at radius 1 is 0.781 bits per heavy atom. The summed E-state index contributed by atoms with van der Waals surface area (Å²) in [5.74, 6) is 1.48. The minimum absolute atomic E-state index is 0.00411. The molecule has 5 rings (SSSR count). The summed E-state index contributed by atoms with van der Waals surface area (Å²) in [5.41, 5.74) is 0.321. The number of anilines is 2. The summed E-state index contributed by atoms with van der Waals surface area (Å²) in [4.78, 5) is 38.9. The number of carbonyl (C=O) groups is 2. The van der Waals surface area contributed by atoms with E-state index in [2.05, 4.69) is 67.1 Å². The summed E-state index contributed by atoms with van der Waals surface area (Å²) in [6, 6.07) is 0. The number of amides is 2. The lowest BCUT2D eigenvalue weighted by atomic mass is 9.66. The molecule has 0 aromatic carbocycles. The van der Waals surface area contributed by atoms with Crippen LogP contribution in [0.4, 0.5) is 11.9 Å². The maximum absolute atomic E-state index is 13.1. The number of nitrogens with zero attached hydrogens (tertiary/aromatic N) is 3. The van der Waals surface area contributed by atoms with E-state index in [0.29, 0.717) is 11.8 Å². The van der Waals surface area contributed by atoms with Crippen LogP contribution in [0.2, 0.25) is 0 Å². The molecule has 4 aliphatic carbocycles. The molecule has 7 nitrogen and oxygen atoms in total. The lowest BCUT2D eigenvalue weighted by molar-refractivity contribution is -0.125. The normalized spacial score (nSPS) is 40.4. The van der Waals surface area contributed by atoms with Gasteiger partial charge in [-0.25, -0.2) is 9.97 Å². The van der Waals surface area contributed by atoms with E-state index in [0.717, 1.165) is 25.7 Å². The molecule has 2 N–H and O–H groups in total. The van der Waals surface area contributed by atoms with Crippen molar-refractivity contribution < 1.29 is 9.59 Å². The first-order chi connectivity index (χ1) is 14.9. The van der Waals surface area contributed by atoms with Crippen molar-refractivity contribution in [1.29, 1.82) is 0 Å². The smallest absolute Gasteiger partial charge is 0.234 e. The Labute approximate surface area is 191 Å². The highest BCUT2D eigenvalue weighted by Gasteiger charge is 2.64. The van der Waals surface area contributed by atoms with E-state index in [1.807, 2.05) is 0 Å². The van der Waals surface area contributed by atoms with Crippen LogP contribution in [0.15, 0.2) is 6.33 Å². The van der Waals surface area contributed by atoms with Gasteiger partial charge in [0.25, 0.3) is 0 Å². The fourth-order valence-electron chi connectivity index (χ4n) is 8.01. The van der Waals surface area contributed by atoms with Gasteiger partial charge in [0.15, 0.2) is 0 Å². The van der Waals surface area contributed by atoms with Crippen LogP contribution in [0.25, 0.3) is 0 Å². The van der Waals surface area contributed by atoms with Gasteiger partial charge in [-0.2, -0.15) is 4.98 Å². The Morgan fingerprint density at radius 3 is 1.50 bits per heavy atom. The standard InChI is InChI=1S/C25H37N5O2/c1-22(2)14-7-9-24(22,5)16(11-14)18(31)28-20-26-13-27-21(30-20)29-19(32)17-12-15-8-10-25(17,6)23(15,3)4/h13-17H,7-12H2,1-6H3,(H2,26,27,28,29,30,31,32). The van der Waals surface area contributed by atoms with Crippen molar-refractivity contribution >= 4 is 23.7 Å². The van der Waals surface area contributed by atoms with Crippen LogP contribution in [0.5, 0.6) is 0 Å². The van der Waals surface area contributed by atoms with Gasteiger partial charge in [-0.05, 0) is 72.0 Å². The van der Waals surface area contributed by atoms with Crippen molar-refractivity contribution in [2.24, 2.45) is 45.3 Å². The van der Waals surface area contributed by atoms with Crippen LogP contribution in [-0.4, -0.2) is 26.8 Å². The SMILES string of the molecule is CC1(C)C2CCC1(C)C(C(=O)Nc1ncnc(NC(=O)C3CC4CCC3(C)C4(C)C)n1)C2. The van der Waals surface area contributed by atoms with Crippen LogP contribution >= 0.6 is 0 Å². The zero-order valence-corrected chi connectivity index (χ0v) is 20.3. The number of fused-ring (bicyclic) bond motifs is 4. The fourth-order valence-corrected chi connectivity index (χ4v) is 8.01. The summed E-state index contributed by atoms with van der Waals surface area (Å²) >= 11 is 0. The van der Waals surface area contributed by atoms with Crippen LogP contribution in [0.1, 0.15) is 80.1 Å². The Kier molecular flexibility index (Phi) is 4.58. The van der Waals surface area contributed by atoms with Crippen molar-refractivity contribution in [3.63, 3.8) is 0 Å². The van der Waals surface area contributed by atoms with Crippen molar-refractivity contribution in [3.8, 4) is 0 Å². The van der Waals surface area contributed by atoms with Crippen molar-refractivity contribution in [2.45, 2.75) is 80.1 Å². The highest BCUT2D eigenvalue weighted by atomic mass is 16.2. The van der Waals surface area contributed by atoms with Gasteiger partial charge in [-0.15, -0.1) is 0 Å². The molecular weight excluding hydrogens is 402 g/mol. The Bertz CT molecular complexity index is 902. The van der Waals surface area contributed by atoms with E-state index in [9.17, 15) is 9.59 Å². The third-order valence-corrected chi connectivity index (χ3v) is 11.3. The van der Waals surface area contributed by atoms with Gasteiger partial charge in [-0.3, -0.25) is 20.2 Å². The van der Waals surface area contributed by atoms with Gasteiger partial charge in [0.1, 0.15) is 6.33 Å². The topological polar surface area (TPSA) is 96.9 Å². The maximum atomic E-state index is 13.1. The summed E-state index contributed by atoms with van der Waals surface area (Å²) in [7, 11) is 0. The molecule has 4 saturated carbocycles. The van der Waals surface area contributed by atoms with Gasteiger partial charge in [0.05, 0.1) is 0 Å². The largest absolute Gasteiger partial charge is 0.294 e. The third-order valence-electron chi connectivity index (χ3n) is 11.3. The molecule has 0 saturated heterocycles. The minimum Gasteiger partial charge on any atom is -0.294 e. The average molecular weight is 440 g/mol. The molecule has 32 heavy (non-hydrogen) atoms. The van der Waals surface area contributed by atoms with Crippen LogP contribution in [0, 0.1) is 45.3 Å². The molecule has 1 heterocycles. The molecule has 0 radical (unpaired) electrons. The molecule has 2 amide bonds. The Balaban J connectivity index is 1.27. The number of carbonyl (C=O) groups excluding carboxylic acids is 2. The van der Waals surface area contributed by atoms with E-state index in [4.69, 9.17) is 0 Å². The van der Waals surface area contributed by atoms with Crippen molar-refractivity contribution in [1.82, 2.24) is 15.0 Å². The second-order valence-electron chi connectivity index (χ2n) is 12.4. The molecule has 7 heteroatoms. The second kappa shape index (κ2) is 6.73. The van der Waals surface area contributed by atoms with Crippen molar-refractivity contribution in [3.05, 3.63) is 6.33 Å². The van der Waals surface area contributed by atoms with E-state index in [1.54, 1.807) is 0 Å². The number of hydrogen-bond donors (Lipinski definition) is 2. The van der Waals surface area contributed by atoms with E-state index >= 15 is 0 Å². The quantitative estimate of drug-likeness (QED) is 0.710. The molecule has 0 aliphatic heterocycles. The number of aromatic nitrogens is 3. The predicted octanol–water partition coefficient (Wildman–Crippen LogP) is 4.67. The molecule has 6 atom stereocenters.